The molecule has 0 saturated carbocycles. The van der Waals surface area contributed by atoms with Crippen LogP contribution in [0.25, 0.3) is 16.6 Å². The van der Waals surface area contributed by atoms with Crippen molar-refractivity contribution in [3.8, 4) is 0 Å². The molecule has 0 aliphatic carbocycles. The van der Waals surface area contributed by atoms with Crippen LogP contribution in [0.15, 0.2) is 41.3 Å². The van der Waals surface area contributed by atoms with Crippen molar-refractivity contribution >= 4 is 40.0 Å². The van der Waals surface area contributed by atoms with Crippen molar-refractivity contribution in [3.05, 3.63) is 57.5 Å². The number of fused-ring (bicyclic) bond motifs is 2. The minimum Gasteiger partial charge on any atom is -0.369 e. The molecule has 0 bridgehead atoms. The molecule has 0 atom stereocenters. The number of benzene rings is 1. The van der Waals surface area contributed by atoms with Crippen LogP contribution in [0.1, 0.15) is 36.0 Å². The molecule has 2 saturated heterocycles. The number of nitrogens with two attached hydrogens (primary N) is 1. The van der Waals surface area contributed by atoms with Crippen LogP contribution in [0, 0.1) is 5.92 Å². The summed E-state index contributed by atoms with van der Waals surface area (Å²) in [4.78, 5) is 45.8. The second-order valence-corrected chi connectivity index (χ2v) is 9.53. The Kier molecular flexibility index (Phi) is 5.80. The SMILES string of the molecule is NC(=O)C1CC[NH+](C2CCN(C(=O)c3cccn4c(=O)c5cc(Cl)ccc5nc34)CC2)CC1. The molecule has 3 aromatic rings. The number of hydrogen-bond donors (Lipinski definition) is 2. The number of nitrogens with zero attached hydrogens (tertiary/aromatic N) is 3. The van der Waals surface area contributed by atoms with Crippen LogP contribution in [0.3, 0.4) is 0 Å². The van der Waals surface area contributed by atoms with E-state index in [9.17, 15) is 14.4 Å². The van der Waals surface area contributed by atoms with Crippen LogP contribution in [0.5, 0.6) is 0 Å². The van der Waals surface area contributed by atoms with E-state index in [1.165, 1.54) is 9.30 Å². The van der Waals surface area contributed by atoms with Gasteiger partial charge in [-0.05, 0) is 30.3 Å². The van der Waals surface area contributed by atoms with E-state index < -0.39 is 0 Å². The molecule has 2 aromatic heterocycles. The maximum atomic E-state index is 13.4. The van der Waals surface area contributed by atoms with Gasteiger partial charge in [0.25, 0.3) is 11.5 Å². The minimum atomic E-state index is -0.242. The Hall–Kier alpha value is -2.97. The second-order valence-electron chi connectivity index (χ2n) is 9.10. The third-order valence-electron chi connectivity index (χ3n) is 7.22. The largest absolute Gasteiger partial charge is 0.369 e. The lowest BCUT2D eigenvalue weighted by molar-refractivity contribution is -0.932. The number of likely N-dealkylation sites (tertiary alicyclic amines) is 2. The van der Waals surface area contributed by atoms with E-state index in [1.54, 1.807) is 36.5 Å². The number of primary amides is 1. The minimum absolute atomic E-state index is 0.00444. The summed E-state index contributed by atoms with van der Waals surface area (Å²) < 4.78 is 1.42. The molecule has 0 radical (unpaired) electrons. The van der Waals surface area contributed by atoms with Crippen LogP contribution >= 0.6 is 11.6 Å². The van der Waals surface area contributed by atoms with Crippen molar-refractivity contribution in [1.29, 1.82) is 0 Å². The molecule has 172 valence electrons. The van der Waals surface area contributed by atoms with E-state index in [0.29, 0.717) is 46.3 Å². The molecule has 0 unspecified atom stereocenters. The molecule has 5 rings (SSSR count). The molecule has 1 aromatic carbocycles. The van der Waals surface area contributed by atoms with Crippen molar-refractivity contribution in [1.82, 2.24) is 14.3 Å². The first kappa shape index (κ1) is 21.9. The second kappa shape index (κ2) is 8.76. The standard InChI is InChI=1S/C24H26ClN5O3/c25-16-3-4-20-19(14-16)24(33)30-9-1-2-18(22(30)27-20)23(32)29-12-7-17(8-13-29)28-10-5-15(6-11-28)21(26)31/h1-4,9,14-15,17H,5-8,10-13H2,(H2,26,31)/p+1. The summed E-state index contributed by atoms with van der Waals surface area (Å²) in [7, 11) is 0. The van der Waals surface area contributed by atoms with Crippen molar-refractivity contribution in [2.24, 2.45) is 11.7 Å². The van der Waals surface area contributed by atoms with Gasteiger partial charge >= 0.3 is 0 Å². The molecule has 8 nitrogen and oxygen atoms in total. The average molecular weight is 469 g/mol. The Bertz CT molecular complexity index is 1290. The lowest BCUT2D eigenvalue weighted by Crippen LogP contribution is -3.17. The van der Waals surface area contributed by atoms with Crippen LogP contribution in [0.2, 0.25) is 5.02 Å². The third kappa shape index (κ3) is 4.09. The molecule has 3 N–H and O–H groups in total. The molecule has 4 heterocycles. The van der Waals surface area contributed by atoms with Gasteiger partial charge < -0.3 is 15.5 Å². The number of carbonyl (C=O) groups excluding carboxylic acids is 2. The Morgan fingerprint density at radius 3 is 2.52 bits per heavy atom. The summed E-state index contributed by atoms with van der Waals surface area (Å²) >= 11 is 6.05. The number of piperidine rings is 2. The van der Waals surface area contributed by atoms with E-state index >= 15 is 0 Å². The van der Waals surface area contributed by atoms with E-state index in [4.69, 9.17) is 17.3 Å². The van der Waals surface area contributed by atoms with Crippen LogP contribution < -0.4 is 16.2 Å². The first-order valence-corrected chi connectivity index (χ1v) is 11.8. The number of carbonyl (C=O) groups is 2. The highest BCUT2D eigenvalue weighted by Crippen LogP contribution is 2.20. The van der Waals surface area contributed by atoms with Crippen molar-refractivity contribution < 1.29 is 14.5 Å². The average Bonchev–Trinajstić information content (AvgIpc) is 2.84. The number of halogens is 1. The molecule has 2 fully saturated rings. The predicted octanol–water partition coefficient (Wildman–Crippen LogP) is 0.886. The smallest absolute Gasteiger partial charge is 0.265 e. The molecule has 9 heteroatoms. The van der Waals surface area contributed by atoms with Crippen LogP contribution in [-0.4, -0.2) is 58.3 Å². The van der Waals surface area contributed by atoms with E-state index in [1.807, 2.05) is 4.90 Å². The van der Waals surface area contributed by atoms with Gasteiger partial charge in [-0.2, -0.15) is 0 Å². The van der Waals surface area contributed by atoms with Crippen LogP contribution in [0.4, 0.5) is 0 Å². The fourth-order valence-corrected chi connectivity index (χ4v) is 5.48. The van der Waals surface area contributed by atoms with Gasteiger partial charge in [-0.1, -0.05) is 11.6 Å². The topological polar surface area (TPSA) is 102 Å². The number of nitrogens with one attached hydrogen (secondary N) is 1. The predicted molar refractivity (Wildman–Crippen MR) is 126 cm³/mol. The zero-order valence-electron chi connectivity index (χ0n) is 18.3. The molecular formula is C24H27ClN5O3+. The highest BCUT2D eigenvalue weighted by atomic mass is 35.5. The molecule has 2 amide bonds. The summed E-state index contributed by atoms with van der Waals surface area (Å²) in [5.41, 5.74) is 6.53. The Labute approximate surface area is 195 Å². The molecular weight excluding hydrogens is 442 g/mol. The first-order chi connectivity index (χ1) is 15.9. The summed E-state index contributed by atoms with van der Waals surface area (Å²) in [5.74, 6) is -0.285. The Morgan fingerprint density at radius 2 is 1.82 bits per heavy atom. The number of quaternary nitrogens is 1. The van der Waals surface area contributed by atoms with Crippen molar-refractivity contribution in [2.75, 3.05) is 26.2 Å². The quantitative estimate of drug-likeness (QED) is 0.557. The van der Waals surface area contributed by atoms with Gasteiger partial charge in [0.2, 0.25) is 5.91 Å². The monoisotopic (exact) mass is 468 g/mol. The molecule has 33 heavy (non-hydrogen) atoms. The van der Waals surface area contributed by atoms with Gasteiger partial charge in [0.05, 0.1) is 35.6 Å². The number of rotatable bonds is 3. The lowest BCUT2D eigenvalue weighted by Gasteiger charge is -2.38. The van der Waals surface area contributed by atoms with E-state index in [-0.39, 0.29) is 23.3 Å². The number of aromatic nitrogens is 2. The molecule has 2 aliphatic heterocycles. The lowest BCUT2D eigenvalue weighted by atomic mass is 9.93. The molecule has 2 aliphatic rings. The van der Waals surface area contributed by atoms with Gasteiger partial charge in [-0.3, -0.25) is 18.8 Å². The summed E-state index contributed by atoms with van der Waals surface area (Å²) in [6, 6.07) is 8.93. The maximum Gasteiger partial charge on any atom is 0.265 e. The summed E-state index contributed by atoms with van der Waals surface area (Å²) in [6.07, 6.45) is 5.16. The van der Waals surface area contributed by atoms with Crippen molar-refractivity contribution in [3.63, 3.8) is 0 Å². The highest BCUT2D eigenvalue weighted by molar-refractivity contribution is 6.31. The van der Waals surface area contributed by atoms with Gasteiger partial charge in [0.1, 0.15) is 0 Å². The van der Waals surface area contributed by atoms with E-state index in [0.717, 1.165) is 38.8 Å². The van der Waals surface area contributed by atoms with Crippen LogP contribution in [-0.2, 0) is 4.79 Å². The zero-order valence-corrected chi connectivity index (χ0v) is 19.1. The van der Waals surface area contributed by atoms with Gasteiger partial charge in [-0.15, -0.1) is 0 Å². The Morgan fingerprint density at radius 1 is 1.09 bits per heavy atom. The van der Waals surface area contributed by atoms with E-state index in [2.05, 4.69) is 4.98 Å². The highest BCUT2D eigenvalue weighted by Gasteiger charge is 2.34. The van der Waals surface area contributed by atoms with Crippen molar-refractivity contribution in [2.45, 2.75) is 31.7 Å². The fraction of sp³-hybridized carbons (Fsp3) is 0.417. The summed E-state index contributed by atoms with van der Waals surface area (Å²) in [5, 5.41) is 0.894. The van der Waals surface area contributed by atoms with Gasteiger partial charge in [0, 0.05) is 55.9 Å². The first-order valence-electron chi connectivity index (χ1n) is 11.5. The number of pyridine rings is 1. The van der Waals surface area contributed by atoms with Gasteiger partial charge in [0.15, 0.2) is 5.65 Å². The molecule has 0 spiro atoms. The van der Waals surface area contributed by atoms with Gasteiger partial charge in [-0.25, -0.2) is 4.98 Å². The number of hydrogen-bond acceptors (Lipinski definition) is 4. The zero-order chi connectivity index (χ0) is 23.1. The fourth-order valence-electron chi connectivity index (χ4n) is 5.31. The maximum absolute atomic E-state index is 13.4. The summed E-state index contributed by atoms with van der Waals surface area (Å²) in [6.45, 7) is 3.25. The normalized spacial score (nSPS) is 22.0. The third-order valence-corrected chi connectivity index (χ3v) is 7.46. The number of amides is 2. The Balaban J connectivity index is 1.34.